The Morgan fingerprint density at radius 1 is 1.30 bits per heavy atom. The Morgan fingerprint density at radius 3 is 2.74 bits per heavy atom. The average Bonchev–Trinajstić information content (AvgIpc) is 3.06. The predicted octanol–water partition coefficient (Wildman–Crippen LogP) is 3.35. The Kier molecular flexibility index (Phi) is 6.77. The van der Waals surface area contributed by atoms with Crippen LogP contribution in [0.15, 0.2) is 47.9 Å². The molecule has 1 heterocycles. The second-order valence-corrected chi connectivity index (χ2v) is 6.03. The molecule has 0 spiro atoms. The molecule has 2 rings (SSSR count). The van der Waals surface area contributed by atoms with Crippen molar-refractivity contribution in [2.24, 2.45) is 0 Å². The van der Waals surface area contributed by atoms with Crippen LogP contribution in [0.3, 0.4) is 0 Å². The molecule has 1 aromatic carbocycles. The third-order valence-electron chi connectivity index (χ3n) is 2.86. The van der Waals surface area contributed by atoms with E-state index in [9.17, 15) is 4.79 Å². The van der Waals surface area contributed by atoms with Crippen molar-refractivity contribution in [3.8, 4) is 5.75 Å². The molecule has 0 aliphatic carbocycles. The molecule has 2 aromatic rings. The van der Waals surface area contributed by atoms with E-state index in [1.807, 2.05) is 48.7 Å². The SMILES string of the molecule is CCOc1ccc(/C=C/C(=O)NC(=S)NCc2cccs2)cc1. The number of thiocarbonyl (C=S) groups is 1. The van der Waals surface area contributed by atoms with Gasteiger partial charge in [-0.25, -0.2) is 0 Å². The summed E-state index contributed by atoms with van der Waals surface area (Å²) in [4.78, 5) is 13.0. The van der Waals surface area contributed by atoms with Gasteiger partial charge < -0.3 is 10.1 Å². The molecule has 0 fully saturated rings. The van der Waals surface area contributed by atoms with Gasteiger partial charge in [0.2, 0.25) is 5.91 Å². The van der Waals surface area contributed by atoms with Crippen molar-refractivity contribution in [3.05, 3.63) is 58.3 Å². The normalized spacial score (nSPS) is 10.5. The van der Waals surface area contributed by atoms with Crippen LogP contribution in [0.1, 0.15) is 17.4 Å². The monoisotopic (exact) mass is 346 g/mol. The number of hydrogen-bond donors (Lipinski definition) is 2. The maximum Gasteiger partial charge on any atom is 0.250 e. The van der Waals surface area contributed by atoms with E-state index in [1.54, 1.807) is 17.4 Å². The summed E-state index contributed by atoms with van der Waals surface area (Å²) in [6.45, 7) is 3.18. The summed E-state index contributed by atoms with van der Waals surface area (Å²) < 4.78 is 5.37. The van der Waals surface area contributed by atoms with E-state index in [2.05, 4.69) is 10.6 Å². The Hall–Kier alpha value is -2.18. The predicted molar refractivity (Wildman–Crippen MR) is 98.5 cm³/mol. The van der Waals surface area contributed by atoms with Crippen LogP contribution in [0.2, 0.25) is 0 Å². The van der Waals surface area contributed by atoms with Crippen molar-refractivity contribution in [2.45, 2.75) is 13.5 Å². The van der Waals surface area contributed by atoms with Crippen molar-refractivity contribution in [2.75, 3.05) is 6.61 Å². The van der Waals surface area contributed by atoms with E-state index in [4.69, 9.17) is 17.0 Å². The molecule has 1 aromatic heterocycles. The summed E-state index contributed by atoms with van der Waals surface area (Å²) in [7, 11) is 0. The molecule has 0 saturated carbocycles. The van der Waals surface area contributed by atoms with E-state index in [1.165, 1.54) is 6.08 Å². The van der Waals surface area contributed by atoms with Crippen molar-refractivity contribution in [1.82, 2.24) is 10.6 Å². The summed E-state index contributed by atoms with van der Waals surface area (Å²) in [6, 6.07) is 11.5. The van der Waals surface area contributed by atoms with Crippen LogP contribution in [-0.2, 0) is 11.3 Å². The minimum atomic E-state index is -0.262. The number of benzene rings is 1. The smallest absolute Gasteiger partial charge is 0.250 e. The zero-order chi connectivity index (χ0) is 16.5. The summed E-state index contributed by atoms with van der Waals surface area (Å²) >= 11 is 6.73. The maximum absolute atomic E-state index is 11.8. The average molecular weight is 346 g/mol. The first kappa shape index (κ1) is 17.2. The second kappa shape index (κ2) is 9.07. The largest absolute Gasteiger partial charge is 0.494 e. The number of amides is 1. The second-order valence-electron chi connectivity index (χ2n) is 4.59. The molecule has 0 radical (unpaired) electrons. The van der Waals surface area contributed by atoms with Gasteiger partial charge in [0.1, 0.15) is 5.75 Å². The number of carbonyl (C=O) groups excluding carboxylic acids is 1. The van der Waals surface area contributed by atoms with Gasteiger partial charge in [-0.15, -0.1) is 11.3 Å². The van der Waals surface area contributed by atoms with E-state index < -0.39 is 0 Å². The first-order chi connectivity index (χ1) is 11.2. The maximum atomic E-state index is 11.8. The van der Waals surface area contributed by atoms with Gasteiger partial charge >= 0.3 is 0 Å². The molecule has 4 nitrogen and oxygen atoms in total. The molecular formula is C17H18N2O2S2. The Morgan fingerprint density at radius 2 is 2.09 bits per heavy atom. The van der Waals surface area contributed by atoms with Gasteiger partial charge in [0.25, 0.3) is 0 Å². The van der Waals surface area contributed by atoms with Gasteiger partial charge in [0.15, 0.2) is 5.11 Å². The number of hydrogen-bond acceptors (Lipinski definition) is 4. The Labute approximate surface area is 145 Å². The summed E-state index contributed by atoms with van der Waals surface area (Å²) in [5.74, 6) is 0.552. The van der Waals surface area contributed by atoms with Gasteiger partial charge in [-0.3, -0.25) is 10.1 Å². The van der Waals surface area contributed by atoms with Crippen LogP contribution >= 0.6 is 23.6 Å². The molecule has 0 aliphatic rings. The van der Waals surface area contributed by atoms with Crippen molar-refractivity contribution in [1.29, 1.82) is 0 Å². The fraction of sp³-hybridized carbons (Fsp3) is 0.176. The zero-order valence-electron chi connectivity index (χ0n) is 12.7. The van der Waals surface area contributed by atoms with Crippen LogP contribution in [0.5, 0.6) is 5.75 Å². The molecule has 0 unspecified atom stereocenters. The third-order valence-corrected chi connectivity index (χ3v) is 3.98. The first-order valence-corrected chi connectivity index (χ1v) is 8.48. The Bertz CT molecular complexity index is 664. The van der Waals surface area contributed by atoms with Crippen molar-refractivity contribution in [3.63, 3.8) is 0 Å². The minimum absolute atomic E-state index is 0.262. The van der Waals surface area contributed by atoms with Crippen LogP contribution in [-0.4, -0.2) is 17.6 Å². The molecule has 0 bridgehead atoms. The third kappa shape index (κ3) is 6.22. The molecule has 2 N–H and O–H groups in total. The molecule has 1 amide bonds. The molecule has 0 atom stereocenters. The van der Waals surface area contributed by atoms with Gasteiger partial charge in [0.05, 0.1) is 13.2 Å². The van der Waals surface area contributed by atoms with Crippen LogP contribution in [0, 0.1) is 0 Å². The number of ether oxygens (including phenoxy) is 1. The van der Waals surface area contributed by atoms with Crippen LogP contribution < -0.4 is 15.4 Å². The summed E-state index contributed by atoms with van der Waals surface area (Å²) in [5, 5.41) is 7.93. The van der Waals surface area contributed by atoms with Gasteiger partial charge in [-0.2, -0.15) is 0 Å². The standard InChI is InChI=1S/C17H18N2O2S2/c1-2-21-14-8-5-13(6-9-14)7-10-16(20)19-17(22)18-12-15-4-3-11-23-15/h3-11H,2,12H2,1H3,(H2,18,19,20,22)/b10-7+. The lowest BCUT2D eigenvalue weighted by Gasteiger charge is -2.06. The highest BCUT2D eigenvalue weighted by atomic mass is 32.1. The van der Waals surface area contributed by atoms with E-state index in [0.29, 0.717) is 18.3 Å². The molecule has 0 aliphatic heterocycles. The number of carbonyl (C=O) groups is 1. The molecule has 120 valence electrons. The van der Waals surface area contributed by atoms with Crippen molar-refractivity contribution < 1.29 is 9.53 Å². The number of thiophene rings is 1. The molecular weight excluding hydrogens is 328 g/mol. The fourth-order valence-corrected chi connectivity index (χ4v) is 2.61. The van der Waals surface area contributed by atoms with Crippen molar-refractivity contribution >= 4 is 40.7 Å². The quantitative estimate of drug-likeness (QED) is 0.622. The number of rotatable bonds is 6. The molecule has 0 saturated heterocycles. The first-order valence-electron chi connectivity index (χ1n) is 7.19. The highest BCUT2D eigenvalue weighted by Crippen LogP contribution is 2.13. The van der Waals surface area contributed by atoms with E-state index in [-0.39, 0.29) is 5.91 Å². The Balaban J connectivity index is 1.77. The topological polar surface area (TPSA) is 50.4 Å². The van der Waals surface area contributed by atoms with Gasteiger partial charge in [-0.05, 0) is 54.4 Å². The van der Waals surface area contributed by atoms with Crippen LogP contribution in [0.25, 0.3) is 6.08 Å². The number of nitrogens with one attached hydrogen (secondary N) is 2. The highest BCUT2D eigenvalue weighted by Gasteiger charge is 2.01. The summed E-state index contributed by atoms with van der Waals surface area (Å²) in [5.41, 5.74) is 0.918. The minimum Gasteiger partial charge on any atom is -0.494 e. The van der Waals surface area contributed by atoms with Gasteiger partial charge in [0, 0.05) is 11.0 Å². The lowest BCUT2D eigenvalue weighted by Crippen LogP contribution is -2.37. The van der Waals surface area contributed by atoms with Crippen LogP contribution in [0.4, 0.5) is 0 Å². The van der Waals surface area contributed by atoms with Gasteiger partial charge in [-0.1, -0.05) is 18.2 Å². The molecule has 6 heteroatoms. The zero-order valence-corrected chi connectivity index (χ0v) is 14.4. The highest BCUT2D eigenvalue weighted by molar-refractivity contribution is 7.80. The summed E-state index contributed by atoms with van der Waals surface area (Å²) in [6.07, 6.45) is 3.18. The van der Waals surface area contributed by atoms with E-state index >= 15 is 0 Å². The van der Waals surface area contributed by atoms with E-state index in [0.717, 1.165) is 16.2 Å². The lowest BCUT2D eigenvalue weighted by molar-refractivity contribution is -0.115. The fourth-order valence-electron chi connectivity index (χ4n) is 1.79. The lowest BCUT2D eigenvalue weighted by atomic mass is 10.2. The molecule has 23 heavy (non-hydrogen) atoms.